The molecule has 1 N–H and O–H groups in total. The van der Waals surface area contributed by atoms with Gasteiger partial charge in [-0.05, 0) is 48.7 Å². The number of Topliss-reactive ketones (excluding diaryl/α,β-unsaturated/α-hetero) is 1. The number of methoxy groups -OCH3 is 1. The van der Waals surface area contributed by atoms with Crippen LogP contribution in [0.3, 0.4) is 0 Å². The molecular formula is C27H24FNO3S. The SMILES string of the molecule is C=Cc1cc(-c2csc3c(F)cccc23)nc(C(O)CCC(=O)c2ccc(C)c(OC)c2)c1. The zero-order chi connectivity index (χ0) is 23.5. The largest absolute Gasteiger partial charge is 0.496 e. The number of aliphatic hydroxyl groups excluding tert-OH is 1. The molecule has 4 nitrogen and oxygen atoms in total. The number of hydrogen-bond donors (Lipinski definition) is 1. The highest BCUT2D eigenvalue weighted by molar-refractivity contribution is 7.17. The van der Waals surface area contributed by atoms with E-state index in [4.69, 9.17) is 4.74 Å². The molecule has 0 saturated heterocycles. The number of aromatic nitrogens is 1. The molecule has 168 valence electrons. The van der Waals surface area contributed by atoms with Gasteiger partial charge >= 0.3 is 0 Å². The Kier molecular flexibility index (Phi) is 6.67. The van der Waals surface area contributed by atoms with Crippen molar-refractivity contribution in [2.75, 3.05) is 7.11 Å². The van der Waals surface area contributed by atoms with E-state index in [1.807, 2.05) is 30.5 Å². The van der Waals surface area contributed by atoms with Gasteiger partial charge in [0.25, 0.3) is 0 Å². The summed E-state index contributed by atoms with van der Waals surface area (Å²) >= 11 is 1.32. The number of aliphatic hydroxyl groups is 1. The second-order valence-electron chi connectivity index (χ2n) is 7.84. The molecule has 1 unspecified atom stereocenters. The first-order chi connectivity index (χ1) is 15.9. The van der Waals surface area contributed by atoms with Crippen molar-refractivity contribution in [1.29, 1.82) is 0 Å². The highest BCUT2D eigenvalue weighted by Gasteiger charge is 2.17. The Hall–Kier alpha value is -3.35. The van der Waals surface area contributed by atoms with Crippen LogP contribution in [0.4, 0.5) is 4.39 Å². The van der Waals surface area contributed by atoms with Crippen molar-refractivity contribution >= 4 is 33.3 Å². The Labute approximate surface area is 196 Å². The maximum Gasteiger partial charge on any atom is 0.163 e. The molecule has 0 fully saturated rings. The number of carbonyl (C=O) groups is 1. The van der Waals surface area contributed by atoms with Gasteiger partial charge in [0.05, 0.1) is 29.3 Å². The van der Waals surface area contributed by atoms with Gasteiger partial charge in [0.15, 0.2) is 5.78 Å². The molecule has 0 saturated carbocycles. The summed E-state index contributed by atoms with van der Waals surface area (Å²) in [5, 5.41) is 13.5. The molecule has 0 aliphatic carbocycles. The average molecular weight is 462 g/mol. The van der Waals surface area contributed by atoms with Crippen LogP contribution in [0, 0.1) is 12.7 Å². The minimum absolute atomic E-state index is 0.0771. The number of benzene rings is 2. The molecule has 0 bridgehead atoms. The van der Waals surface area contributed by atoms with Crippen molar-refractivity contribution in [2.24, 2.45) is 0 Å². The fraction of sp³-hybridized carbons (Fsp3) is 0.185. The minimum Gasteiger partial charge on any atom is -0.496 e. The number of ether oxygens (including phenoxy) is 1. The first-order valence-corrected chi connectivity index (χ1v) is 11.5. The molecule has 2 aromatic heterocycles. The van der Waals surface area contributed by atoms with Crippen molar-refractivity contribution in [3.63, 3.8) is 0 Å². The lowest BCUT2D eigenvalue weighted by Gasteiger charge is -2.13. The van der Waals surface area contributed by atoms with Crippen LogP contribution in [-0.2, 0) is 0 Å². The normalized spacial score (nSPS) is 12.0. The van der Waals surface area contributed by atoms with Crippen LogP contribution in [0.5, 0.6) is 5.75 Å². The number of rotatable bonds is 8. The van der Waals surface area contributed by atoms with Crippen LogP contribution in [0.1, 0.15) is 46.1 Å². The zero-order valence-corrected chi connectivity index (χ0v) is 19.3. The summed E-state index contributed by atoms with van der Waals surface area (Å²) in [5.74, 6) is 0.313. The fourth-order valence-corrected chi connectivity index (χ4v) is 4.74. The van der Waals surface area contributed by atoms with Crippen molar-refractivity contribution in [3.05, 3.63) is 88.7 Å². The van der Waals surface area contributed by atoms with E-state index in [1.54, 1.807) is 37.5 Å². The van der Waals surface area contributed by atoms with Gasteiger partial charge in [-0.15, -0.1) is 11.3 Å². The Morgan fingerprint density at radius 1 is 1.27 bits per heavy atom. The minimum atomic E-state index is -0.929. The molecule has 0 spiro atoms. The Balaban J connectivity index is 1.58. The van der Waals surface area contributed by atoms with Gasteiger partial charge in [0, 0.05) is 28.3 Å². The number of ketones is 1. The van der Waals surface area contributed by atoms with Crippen LogP contribution in [-0.4, -0.2) is 23.0 Å². The number of thiophene rings is 1. The van der Waals surface area contributed by atoms with E-state index in [-0.39, 0.29) is 24.4 Å². The molecule has 4 rings (SSSR count). The molecule has 1 atom stereocenters. The number of hydrogen-bond acceptors (Lipinski definition) is 5. The Morgan fingerprint density at radius 3 is 2.85 bits per heavy atom. The maximum absolute atomic E-state index is 14.1. The van der Waals surface area contributed by atoms with Gasteiger partial charge in [0.2, 0.25) is 0 Å². The van der Waals surface area contributed by atoms with Gasteiger partial charge < -0.3 is 9.84 Å². The lowest BCUT2D eigenvalue weighted by molar-refractivity contribution is 0.0937. The van der Waals surface area contributed by atoms with Gasteiger partial charge in [-0.1, -0.05) is 36.9 Å². The van der Waals surface area contributed by atoms with Crippen LogP contribution < -0.4 is 4.74 Å². The summed E-state index contributed by atoms with van der Waals surface area (Å²) in [6, 6.07) is 13.9. The van der Waals surface area contributed by atoms with Crippen molar-refractivity contribution in [1.82, 2.24) is 4.98 Å². The van der Waals surface area contributed by atoms with Gasteiger partial charge in [-0.25, -0.2) is 9.37 Å². The van der Waals surface area contributed by atoms with E-state index < -0.39 is 6.10 Å². The highest BCUT2D eigenvalue weighted by Crippen LogP contribution is 2.36. The van der Waals surface area contributed by atoms with E-state index in [1.165, 1.54) is 17.4 Å². The fourth-order valence-electron chi connectivity index (χ4n) is 3.77. The smallest absolute Gasteiger partial charge is 0.163 e. The van der Waals surface area contributed by atoms with Gasteiger partial charge in [0.1, 0.15) is 11.6 Å². The number of aryl methyl sites for hydroxylation is 1. The molecule has 0 amide bonds. The second-order valence-corrected chi connectivity index (χ2v) is 8.72. The molecule has 2 aromatic carbocycles. The topological polar surface area (TPSA) is 59.4 Å². The summed E-state index contributed by atoms with van der Waals surface area (Å²) < 4.78 is 20.0. The first kappa shape index (κ1) is 22.8. The number of pyridine rings is 1. The molecule has 6 heteroatoms. The molecule has 0 aliphatic rings. The summed E-state index contributed by atoms with van der Waals surface area (Å²) in [4.78, 5) is 17.3. The Morgan fingerprint density at radius 2 is 2.09 bits per heavy atom. The third-order valence-corrected chi connectivity index (χ3v) is 6.65. The summed E-state index contributed by atoms with van der Waals surface area (Å²) in [6.45, 7) is 5.75. The second kappa shape index (κ2) is 9.65. The zero-order valence-electron chi connectivity index (χ0n) is 18.5. The standard InChI is InChI=1S/C27H24FNO3S/c1-4-17-12-22(20-15-33-27-19(20)6-5-7-21(27)28)29-23(13-17)25(31)11-10-24(30)18-9-8-16(2)26(14-18)32-3/h4-9,12-15,25,31H,1,10-11H2,2-3H3. The number of halogens is 1. The molecule has 2 heterocycles. The number of carbonyl (C=O) groups excluding carboxylic acids is 1. The maximum atomic E-state index is 14.1. The van der Waals surface area contributed by atoms with Gasteiger partial charge in [-0.3, -0.25) is 4.79 Å². The summed E-state index contributed by atoms with van der Waals surface area (Å²) in [6.07, 6.45) is 1.14. The van der Waals surface area contributed by atoms with E-state index in [0.717, 1.165) is 22.1 Å². The van der Waals surface area contributed by atoms with Crippen molar-refractivity contribution in [2.45, 2.75) is 25.9 Å². The van der Waals surface area contributed by atoms with Crippen LogP contribution in [0.15, 0.2) is 60.5 Å². The number of fused-ring (bicyclic) bond motifs is 1. The third-order valence-electron chi connectivity index (χ3n) is 5.65. The van der Waals surface area contributed by atoms with Crippen LogP contribution >= 0.6 is 11.3 Å². The van der Waals surface area contributed by atoms with E-state index in [9.17, 15) is 14.3 Å². The highest BCUT2D eigenvalue weighted by atomic mass is 32.1. The Bertz CT molecular complexity index is 1340. The molecule has 0 aliphatic heterocycles. The first-order valence-electron chi connectivity index (χ1n) is 10.6. The third kappa shape index (κ3) is 4.72. The van der Waals surface area contributed by atoms with E-state index >= 15 is 0 Å². The average Bonchev–Trinajstić information content (AvgIpc) is 3.28. The predicted octanol–water partition coefficient (Wildman–Crippen LogP) is 6.76. The quantitative estimate of drug-likeness (QED) is 0.295. The van der Waals surface area contributed by atoms with Crippen molar-refractivity contribution < 1.29 is 19.0 Å². The molecule has 33 heavy (non-hydrogen) atoms. The lowest BCUT2D eigenvalue weighted by Crippen LogP contribution is -2.07. The summed E-state index contributed by atoms with van der Waals surface area (Å²) in [5.41, 5.74) is 4.17. The van der Waals surface area contributed by atoms with E-state index in [2.05, 4.69) is 11.6 Å². The molecule has 0 radical (unpaired) electrons. The molecule has 4 aromatic rings. The molecular weight excluding hydrogens is 437 g/mol. The van der Waals surface area contributed by atoms with Crippen LogP contribution in [0.25, 0.3) is 27.4 Å². The van der Waals surface area contributed by atoms with Crippen molar-refractivity contribution in [3.8, 4) is 17.0 Å². The monoisotopic (exact) mass is 461 g/mol. The predicted molar refractivity (Wildman–Crippen MR) is 131 cm³/mol. The van der Waals surface area contributed by atoms with Gasteiger partial charge in [-0.2, -0.15) is 0 Å². The lowest BCUT2D eigenvalue weighted by atomic mass is 10.00. The summed E-state index contributed by atoms with van der Waals surface area (Å²) in [7, 11) is 1.57. The number of nitrogens with zero attached hydrogens (tertiary/aromatic N) is 1. The van der Waals surface area contributed by atoms with E-state index in [0.29, 0.717) is 27.4 Å². The van der Waals surface area contributed by atoms with Crippen LogP contribution in [0.2, 0.25) is 0 Å².